The van der Waals surface area contributed by atoms with Gasteiger partial charge in [-0.25, -0.2) is 0 Å². The standard InChI is InChI=1S/C9H14N4/c1-6-7(2)12(4)9-11-10-8(3)13(9)5/h1,7H,2-5H3. The molecule has 0 N–H and O–H groups in total. The van der Waals surface area contributed by atoms with Crippen molar-refractivity contribution in [1.82, 2.24) is 14.8 Å². The van der Waals surface area contributed by atoms with Gasteiger partial charge in [0.25, 0.3) is 0 Å². The van der Waals surface area contributed by atoms with Crippen LogP contribution in [-0.4, -0.2) is 27.9 Å². The van der Waals surface area contributed by atoms with E-state index in [4.69, 9.17) is 6.42 Å². The molecule has 0 bridgehead atoms. The Kier molecular flexibility index (Phi) is 2.57. The number of aryl methyl sites for hydroxylation is 1. The van der Waals surface area contributed by atoms with Crippen LogP contribution in [0.4, 0.5) is 5.95 Å². The van der Waals surface area contributed by atoms with E-state index < -0.39 is 0 Å². The number of hydrogen-bond donors (Lipinski definition) is 0. The second kappa shape index (κ2) is 3.48. The summed E-state index contributed by atoms with van der Waals surface area (Å²) in [5.41, 5.74) is 0. The van der Waals surface area contributed by atoms with E-state index in [0.717, 1.165) is 11.8 Å². The topological polar surface area (TPSA) is 34.0 Å². The predicted molar refractivity (Wildman–Crippen MR) is 52.4 cm³/mol. The molecule has 0 amide bonds. The molecule has 1 aromatic rings. The van der Waals surface area contributed by atoms with Gasteiger partial charge >= 0.3 is 0 Å². The third-order valence-corrected chi connectivity index (χ3v) is 2.21. The molecule has 0 fully saturated rings. The van der Waals surface area contributed by atoms with Gasteiger partial charge in [-0.05, 0) is 13.8 Å². The summed E-state index contributed by atoms with van der Waals surface area (Å²) in [4.78, 5) is 1.92. The van der Waals surface area contributed by atoms with Crippen molar-refractivity contribution in [2.24, 2.45) is 7.05 Å². The zero-order chi connectivity index (χ0) is 10.0. The summed E-state index contributed by atoms with van der Waals surface area (Å²) in [7, 11) is 3.83. The minimum Gasteiger partial charge on any atom is -0.330 e. The fourth-order valence-corrected chi connectivity index (χ4v) is 0.988. The first-order valence-electron chi connectivity index (χ1n) is 4.13. The van der Waals surface area contributed by atoms with Crippen molar-refractivity contribution < 1.29 is 0 Å². The van der Waals surface area contributed by atoms with Crippen LogP contribution < -0.4 is 4.90 Å². The Balaban J connectivity index is 2.96. The highest BCUT2D eigenvalue weighted by molar-refractivity contribution is 5.34. The number of anilines is 1. The Morgan fingerprint density at radius 3 is 2.54 bits per heavy atom. The summed E-state index contributed by atoms with van der Waals surface area (Å²) in [5, 5.41) is 7.98. The average Bonchev–Trinajstić information content (AvgIpc) is 2.45. The molecule has 0 saturated carbocycles. The van der Waals surface area contributed by atoms with Crippen molar-refractivity contribution in [3.05, 3.63) is 5.82 Å². The van der Waals surface area contributed by atoms with E-state index in [-0.39, 0.29) is 6.04 Å². The lowest BCUT2D eigenvalue weighted by Crippen LogP contribution is -2.29. The number of rotatable bonds is 2. The molecular formula is C9H14N4. The van der Waals surface area contributed by atoms with Gasteiger partial charge in [0.05, 0.1) is 6.04 Å². The second-order valence-electron chi connectivity index (χ2n) is 3.06. The summed E-state index contributed by atoms with van der Waals surface area (Å²) in [6, 6.07) is 0.0299. The van der Waals surface area contributed by atoms with Gasteiger partial charge in [0.1, 0.15) is 5.82 Å². The quantitative estimate of drug-likeness (QED) is 0.621. The zero-order valence-corrected chi connectivity index (χ0v) is 8.44. The molecular weight excluding hydrogens is 164 g/mol. The molecule has 13 heavy (non-hydrogen) atoms. The van der Waals surface area contributed by atoms with Crippen LogP contribution >= 0.6 is 0 Å². The maximum absolute atomic E-state index is 5.32. The molecule has 4 heteroatoms. The SMILES string of the molecule is C#CC(C)N(C)c1nnc(C)n1C. The Morgan fingerprint density at radius 1 is 1.54 bits per heavy atom. The van der Waals surface area contributed by atoms with Crippen molar-refractivity contribution >= 4 is 5.95 Å². The number of nitrogens with zero attached hydrogens (tertiary/aromatic N) is 4. The van der Waals surface area contributed by atoms with Gasteiger partial charge in [-0.2, -0.15) is 0 Å². The normalized spacial score (nSPS) is 12.2. The molecule has 1 unspecified atom stereocenters. The minimum absolute atomic E-state index is 0.0299. The molecule has 4 nitrogen and oxygen atoms in total. The molecule has 0 aliphatic rings. The lowest BCUT2D eigenvalue weighted by atomic mass is 10.3. The van der Waals surface area contributed by atoms with Crippen molar-refractivity contribution in [2.75, 3.05) is 11.9 Å². The number of hydrogen-bond acceptors (Lipinski definition) is 3. The smallest absolute Gasteiger partial charge is 0.227 e. The van der Waals surface area contributed by atoms with E-state index in [0.29, 0.717) is 0 Å². The molecule has 0 aromatic carbocycles. The summed E-state index contributed by atoms with van der Waals surface area (Å²) in [6.07, 6.45) is 5.32. The Hall–Kier alpha value is -1.50. The first-order chi connectivity index (χ1) is 6.07. The first kappa shape index (κ1) is 9.59. The predicted octanol–water partition coefficient (Wildman–Crippen LogP) is 0.581. The van der Waals surface area contributed by atoms with E-state index >= 15 is 0 Å². The van der Waals surface area contributed by atoms with E-state index in [2.05, 4.69) is 16.1 Å². The number of aromatic nitrogens is 3. The Labute approximate surface area is 78.6 Å². The van der Waals surface area contributed by atoms with Gasteiger partial charge in [-0.1, -0.05) is 5.92 Å². The number of terminal acetylenes is 1. The van der Waals surface area contributed by atoms with Gasteiger partial charge < -0.3 is 9.47 Å². The monoisotopic (exact) mass is 178 g/mol. The van der Waals surface area contributed by atoms with Crippen LogP contribution in [-0.2, 0) is 7.05 Å². The second-order valence-corrected chi connectivity index (χ2v) is 3.06. The van der Waals surface area contributed by atoms with Crippen LogP contribution in [0.5, 0.6) is 0 Å². The lowest BCUT2D eigenvalue weighted by Gasteiger charge is -2.20. The van der Waals surface area contributed by atoms with E-state index in [1.54, 1.807) is 0 Å². The van der Waals surface area contributed by atoms with Gasteiger partial charge in [-0.3, -0.25) is 0 Å². The van der Waals surface area contributed by atoms with Gasteiger partial charge in [0.15, 0.2) is 0 Å². The van der Waals surface area contributed by atoms with E-state index in [1.165, 1.54) is 0 Å². The van der Waals surface area contributed by atoms with Crippen molar-refractivity contribution in [2.45, 2.75) is 19.9 Å². The molecule has 0 saturated heterocycles. The van der Waals surface area contributed by atoms with E-state index in [1.807, 2.05) is 37.4 Å². The molecule has 0 radical (unpaired) electrons. The maximum Gasteiger partial charge on any atom is 0.227 e. The lowest BCUT2D eigenvalue weighted by molar-refractivity contribution is 0.758. The van der Waals surface area contributed by atoms with Crippen LogP contribution in [0, 0.1) is 19.3 Å². The maximum atomic E-state index is 5.32. The van der Waals surface area contributed by atoms with Gasteiger partial charge in [0.2, 0.25) is 5.95 Å². The third-order valence-electron chi connectivity index (χ3n) is 2.21. The highest BCUT2D eigenvalue weighted by Gasteiger charge is 2.13. The largest absolute Gasteiger partial charge is 0.330 e. The zero-order valence-electron chi connectivity index (χ0n) is 8.44. The first-order valence-corrected chi connectivity index (χ1v) is 4.13. The molecule has 1 atom stereocenters. The summed E-state index contributed by atoms with van der Waals surface area (Å²) >= 11 is 0. The van der Waals surface area contributed by atoms with Crippen LogP contribution in [0.3, 0.4) is 0 Å². The van der Waals surface area contributed by atoms with E-state index in [9.17, 15) is 0 Å². The molecule has 0 aliphatic carbocycles. The van der Waals surface area contributed by atoms with Crippen LogP contribution in [0.1, 0.15) is 12.7 Å². The summed E-state index contributed by atoms with van der Waals surface area (Å²) in [6.45, 7) is 3.86. The van der Waals surface area contributed by atoms with Crippen molar-refractivity contribution in [3.8, 4) is 12.3 Å². The molecule has 1 heterocycles. The van der Waals surface area contributed by atoms with Crippen molar-refractivity contribution in [3.63, 3.8) is 0 Å². The molecule has 1 aromatic heterocycles. The average molecular weight is 178 g/mol. The van der Waals surface area contributed by atoms with Crippen LogP contribution in [0.25, 0.3) is 0 Å². The molecule has 0 aliphatic heterocycles. The Bertz CT molecular complexity index is 334. The summed E-state index contributed by atoms with van der Waals surface area (Å²) < 4.78 is 1.91. The highest BCUT2D eigenvalue weighted by Crippen LogP contribution is 2.11. The van der Waals surface area contributed by atoms with Crippen molar-refractivity contribution in [1.29, 1.82) is 0 Å². The molecule has 1 rings (SSSR count). The molecule has 0 spiro atoms. The fraction of sp³-hybridized carbons (Fsp3) is 0.556. The van der Waals surface area contributed by atoms with Gasteiger partial charge in [0, 0.05) is 14.1 Å². The van der Waals surface area contributed by atoms with Crippen LogP contribution in [0.2, 0.25) is 0 Å². The van der Waals surface area contributed by atoms with Gasteiger partial charge in [-0.15, -0.1) is 16.6 Å². The third kappa shape index (κ3) is 1.64. The summed E-state index contributed by atoms with van der Waals surface area (Å²) in [5.74, 6) is 4.32. The molecule has 70 valence electrons. The van der Waals surface area contributed by atoms with Crippen LogP contribution in [0.15, 0.2) is 0 Å². The Morgan fingerprint density at radius 2 is 2.15 bits per heavy atom. The minimum atomic E-state index is 0.0299. The fourth-order valence-electron chi connectivity index (χ4n) is 0.988. The highest BCUT2D eigenvalue weighted by atomic mass is 15.4.